The average molecular weight is 356 g/mol. The minimum Gasteiger partial charge on any atom is -0.486 e. The number of amides is 2. The molecule has 0 bridgehead atoms. The monoisotopic (exact) mass is 356 g/mol. The van der Waals surface area contributed by atoms with Gasteiger partial charge in [0.15, 0.2) is 18.1 Å². The Morgan fingerprint density at radius 1 is 1.04 bits per heavy atom. The molecular weight excluding hydrogens is 336 g/mol. The Balaban J connectivity index is 1.43. The lowest BCUT2D eigenvalue weighted by Crippen LogP contribution is -2.35. The van der Waals surface area contributed by atoms with Crippen LogP contribution in [0.3, 0.4) is 0 Å². The van der Waals surface area contributed by atoms with E-state index in [1.165, 1.54) is 0 Å². The highest BCUT2D eigenvalue weighted by Gasteiger charge is 2.13. The molecule has 7 nitrogen and oxygen atoms in total. The molecule has 2 aromatic carbocycles. The zero-order valence-corrected chi connectivity index (χ0v) is 14.4. The van der Waals surface area contributed by atoms with Crippen LogP contribution >= 0.6 is 0 Å². The predicted octanol–water partition coefficient (Wildman–Crippen LogP) is 1.90. The van der Waals surface area contributed by atoms with Crippen molar-refractivity contribution in [3.8, 4) is 17.2 Å². The Labute approximate surface area is 151 Å². The van der Waals surface area contributed by atoms with Crippen molar-refractivity contribution >= 4 is 17.5 Å². The average Bonchev–Trinajstić information content (AvgIpc) is 2.65. The fraction of sp³-hybridized carbons (Fsp3) is 0.263. The van der Waals surface area contributed by atoms with Crippen molar-refractivity contribution in [3.63, 3.8) is 0 Å². The van der Waals surface area contributed by atoms with E-state index >= 15 is 0 Å². The molecule has 0 atom stereocenters. The maximum atomic E-state index is 12.0. The number of carbonyl (C=O) groups is 2. The zero-order valence-electron chi connectivity index (χ0n) is 14.4. The van der Waals surface area contributed by atoms with E-state index in [0.717, 1.165) is 5.56 Å². The highest BCUT2D eigenvalue weighted by molar-refractivity contribution is 5.94. The van der Waals surface area contributed by atoms with Crippen LogP contribution in [0.5, 0.6) is 17.2 Å². The van der Waals surface area contributed by atoms with E-state index in [0.29, 0.717) is 36.1 Å². The molecule has 2 N–H and O–H groups in total. The Hall–Kier alpha value is -3.22. The summed E-state index contributed by atoms with van der Waals surface area (Å²) in [6.45, 7) is 2.62. The van der Waals surface area contributed by atoms with Crippen LogP contribution in [-0.4, -0.2) is 38.2 Å². The molecule has 2 aromatic rings. The molecule has 0 saturated carbocycles. The number of ether oxygens (including phenoxy) is 3. The topological polar surface area (TPSA) is 85.9 Å². The highest BCUT2D eigenvalue weighted by atomic mass is 16.6. The van der Waals surface area contributed by atoms with Gasteiger partial charge in [-0.15, -0.1) is 0 Å². The molecule has 0 aliphatic carbocycles. The molecule has 0 fully saturated rings. The fourth-order valence-corrected chi connectivity index (χ4v) is 2.41. The first-order valence-corrected chi connectivity index (χ1v) is 8.26. The van der Waals surface area contributed by atoms with Gasteiger partial charge in [0.25, 0.3) is 5.91 Å². The van der Waals surface area contributed by atoms with Gasteiger partial charge in [0, 0.05) is 11.8 Å². The Morgan fingerprint density at radius 2 is 1.85 bits per heavy atom. The van der Waals surface area contributed by atoms with Crippen LogP contribution < -0.4 is 24.8 Å². The third-order valence-corrected chi connectivity index (χ3v) is 3.63. The zero-order chi connectivity index (χ0) is 18.4. The Kier molecular flexibility index (Phi) is 5.58. The second-order valence-electron chi connectivity index (χ2n) is 5.79. The Morgan fingerprint density at radius 3 is 2.65 bits per heavy atom. The number of hydrogen-bond donors (Lipinski definition) is 2. The van der Waals surface area contributed by atoms with Crippen LogP contribution in [0.1, 0.15) is 5.56 Å². The second kappa shape index (κ2) is 8.24. The highest BCUT2D eigenvalue weighted by Crippen LogP contribution is 2.32. The number of hydrogen-bond acceptors (Lipinski definition) is 5. The van der Waals surface area contributed by atoms with E-state index in [-0.39, 0.29) is 25.0 Å². The third-order valence-electron chi connectivity index (χ3n) is 3.63. The summed E-state index contributed by atoms with van der Waals surface area (Å²) in [5.74, 6) is 1.13. The van der Waals surface area contributed by atoms with Crippen LogP contribution in [0.4, 0.5) is 5.69 Å². The second-order valence-corrected chi connectivity index (χ2v) is 5.79. The minimum atomic E-state index is -0.371. The Bertz CT molecular complexity index is 806. The standard InChI is InChI=1S/C19H20N2O5/c1-13-3-2-4-15(9-13)26-12-19(23)20-11-18(22)21-14-5-6-16-17(10-14)25-8-7-24-16/h2-6,9-10H,7-8,11-12H2,1H3,(H,20,23)(H,21,22). The summed E-state index contributed by atoms with van der Waals surface area (Å²) < 4.78 is 16.3. The van der Waals surface area contributed by atoms with Crippen molar-refractivity contribution in [1.29, 1.82) is 0 Å². The maximum absolute atomic E-state index is 12.0. The van der Waals surface area contributed by atoms with Gasteiger partial charge < -0.3 is 24.8 Å². The van der Waals surface area contributed by atoms with Gasteiger partial charge in [-0.2, -0.15) is 0 Å². The first-order chi connectivity index (χ1) is 12.6. The summed E-state index contributed by atoms with van der Waals surface area (Å²) in [5.41, 5.74) is 1.62. The normalized spacial score (nSPS) is 12.2. The van der Waals surface area contributed by atoms with Crippen LogP contribution in [0.2, 0.25) is 0 Å². The SMILES string of the molecule is Cc1cccc(OCC(=O)NCC(=O)Nc2ccc3c(c2)OCCO3)c1. The van der Waals surface area contributed by atoms with Crippen molar-refractivity contribution in [1.82, 2.24) is 5.32 Å². The van der Waals surface area contributed by atoms with Gasteiger partial charge in [0.05, 0.1) is 6.54 Å². The molecule has 7 heteroatoms. The number of anilines is 1. The van der Waals surface area contributed by atoms with E-state index in [9.17, 15) is 9.59 Å². The molecule has 0 spiro atoms. The molecule has 26 heavy (non-hydrogen) atoms. The predicted molar refractivity (Wildman–Crippen MR) is 95.7 cm³/mol. The lowest BCUT2D eigenvalue weighted by atomic mass is 10.2. The van der Waals surface area contributed by atoms with Gasteiger partial charge in [-0.1, -0.05) is 12.1 Å². The summed E-state index contributed by atoms with van der Waals surface area (Å²) in [6.07, 6.45) is 0. The maximum Gasteiger partial charge on any atom is 0.258 e. The third kappa shape index (κ3) is 4.89. The van der Waals surface area contributed by atoms with Crippen molar-refractivity contribution in [2.45, 2.75) is 6.92 Å². The molecule has 2 amide bonds. The lowest BCUT2D eigenvalue weighted by Gasteiger charge is -2.19. The van der Waals surface area contributed by atoms with Gasteiger partial charge in [0.1, 0.15) is 19.0 Å². The van der Waals surface area contributed by atoms with Crippen LogP contribution in [0, 0.1) is 6.92 Å². The van der Waals surface area contributed by atoms with E-state index in [4.69, 9.17) is 14.2 Å². The van der Waals surface area contributed by atoms with Gasteiger partial charge >= 0.3 is 0 Å². The number of nitrogens with one attached hydrogen (secondary N) is 2. The first kappa shape index (κ1) is 17.6. The van der Waals surface area contributed by atoms with Gasteiger partial charge in [0.2, 0.25) is 5.91 Å². The van der Waals surface area contributed by atoms with E-state index in [1.807, 2.05) is 25.1 Å². The largest absolute Gasteiger partial charge is 0.486 e. The summed E-state index contributed by atoms with van der Waals surface area (Å²) in [5, 5.41) is 5.22. The van der Waals surface area contributed by atoms with Gasteiger partial charge in [-0.25, -0.2) is 0 Å². The van der Waals surface area contributed by atoms with Gasteiger partial charge in [-0.05, 0) is 36.8 Å². The molecule has 1 aliphatic rings. The molecule has 136 valence electrons. The smallest absolute Gasteiger partial charge is 0.258 e. The van der Waals surface area contributed by atoms with Crippen molar-refractivity contribution in [2.24, 2.45) is 0 Å². The molecule has 0 saturated heterocycles. The molecule has 3 rings (SSSR count). The van der Waals surface area contributed by atoms with Crippen molar-refractivity contribution in [3.05, 3.63) is 48.0 Å². The molecular formula is C19H20N2O5. The number of fused-ring (bicyclic) bond motifs is 1. The number of rotatable bonds is 6. The van der Waals surface area contributed by atoms with Crippen molar-refractivity contribution < 1.29 is 23.8 Å². The quantitative estimate of drug-likeness (QED) is 0.826. The fourth-order valence-electron chi connectivity index (χ4n) is 2.41. The minimum absolute atomic E-state index is 0.148. The number of aryl methyl sites for hydroxylation is 1. The van der Waals surface area contributed by atoms with Crippen LogP contribution in [0.15, 0.2) is 42.5 Å². The molecule has 0 radical (unpaired) electrons. The van der Waals surface area contributed by atoms with E-state index in [2.05, 4.69) is 10.6 Å². The summed E-state index contributed by atoms with van der Waals surface area (Å²) >= 11 is 0. The molecule has 0 aromatic heterocycles. The number of benzene rings is 2. The molecule has 1 heterocycles. The summed E-state index contributed by atoms with van der Waals surface area (Å²) in [4.78, 5) is 23.8. The molecule has 0 unspecified atom stereocenters. The van der Waals surface area contributed by atoms with Crippen LogP contribution in [-0.2, 0) is 9.59 Å². The lowest BCUT2D eigenvalue weighted by molar-refractivity contribution is -0.125. The first-order valence-electron chi connectivity index (χ1n) is 8.26. The summed E-state index contributed by atoms with van der Waals surface area (Å²) in [7, 11) is 0. The van der Waals surface area contributed by atoms with E-state index < -0.39 is 0 Å². The van der Waals surface area contributed by atoms with Gasteiger partial charge in [-0.3, -0.25) is 9.59 Å². The van der Waals surface area contributed by atoms with E-state index in [1.54, 1.807) is 24.3 Å². The van der Waals surface area contributed by atoms with Crippen molar-refractivity contribution in [2.75, 3.05) is 31.7 Å². The number of carbonyl (C=O) groups excluding carboxylic acids is 2. The summed E-state index contributed by atoms with van der Waals surface area (Å²) in [6, 6.07) is 12.5. The molecule has 1 aliphatic heterocycles. The van der Waals surface area contributed by atoms with Crippen LogP contribution in [0.25, 0.3) is 0 Å².